The third-order valence-corrected chi connectivity index (χ3v) is 4.56. The summed E-state index contributed by atoms with van der Waals surface area (Å²) in [6.07, 6.45) is 3.77. The summed E-state index contributed by atoms with van der Waals surface area (Å²) in [5.74, 6) is 0.155. The number of carbonyl (C=O) groups is 1. The van der Waals surface area contributed by atoms with E-state index in [2.05, 4.69) is 5.32 Å². The Morgan fingerprint density at radius 1 is 1.25 bits per heavy atom. The first-order valence-electron chi connectivity index (χ1n) is 7.63. The zero-order valence-electron chi connectivity index (χ0n) is 12.8. The van der Waals surface area contributed by atoms with E-state index >= 15 is 0 Å². The molecule has 1 aliphatic rings. The Hall–Kier alpha value is -2.54. The molecular weight excluding hydrogens is 332 g/mol. The van der Waals surface area contributed by atoms with Gasteiger partial charge in [0.15, 0.2) is 0 Å². The number of aromatic nitrogens is 2. The third kappa shape index (κ3) is 3.21. The SMILES string of the molecule is Nc1cn(C(=O)N[C@@H]2CCC[C@@H]2c2ccc(Cl)cc2)c(=O)[nH]c1=O. The number of halogens is 1. The Balaban J connectivity index is 1.81. The average molecular weight is 349 g/mol. The topological polar surface area (TPSA) is 110 Å². The minimum atomic E-state index is -0.812. The maximum atomic E-state index is 12.4. The lowest BCUT2D eigenvalue weighted by Crippen LogP contribution is -2.45. The molecule has 2 aromatic rings. The molecule has 0 aliphatic heterocycles. The molecule has 4 N–H and O–H groups in total. The molecule has 1 fully saturated rings. The molecule has 0 radical (unpaired) electrons. The molecule has 0 spiro atoms. The minimum absolute atomic E-state index is 0.0984. The summed E-state index contributed by atoms with van der Waals surface area (Å²) in [6.45, 7) is 0. The summed E-state index contributed by atoms with van der Waals surface area (Å²) in [5, 5.41) is 3.52. The van der Waals surface area contributed by atoms with E-state index in [0.29, 0.717) is 5.02 Å². The summed E-state index contributed by atoms with van der Waals surface area (Å²) in [7, 11) is 0. The van der Waals surface area contributed by atoms with Gasteiger partial charge in [-0.3, -0.25) is 9.78 Å². The summed E-state index contributed by atoms with van der Waals surface area (Å²) >= 11 is 5.92. The van der Waals surface area contributed by atoms with Crippen LogP contribution in [0, 0.1) is 0 Å². The lowest BCUT2D eigenvalue weighted by Gasteiger charge is -2.21. The Morgan fingerprint density at radius 2 is 1.96 bits per heavy atom. The Labute approximate surface area is 142 Å². The summed E-state index contributed by atoms with van der Waals surface area (Å²) in [6, 6.07) is 6.83. The highest BCUT2D eigenvalue weighted by Gasteiger charge is 2.30. The van der Waals surface area contributed by atoms with Crippen LogP contribution in [-0.4, -0.2) is 21.6 Å². The van der Waals surface area contributed by atoms with Crippen molar-refractivity contribution in [3.8, 4) is 0 Å². The smallest absolute Gasteiger partial charge is 0.336 e. The van der Waals surface area contributed by atoms with Crippen molar-refractivity contribution in [3.05, 3.63) is 61.9 Å². The van der Waals surface area contributed by atoms with Crippen LogP contribution in [0.15, 0.2) is 40.1 Å². The van der Waals surface area contributed by atoms with Crippen molar-refractivity contribution in [1.82, 2.24) is 14.9 Å². The first kappa shape index (κ1) is 16.3. The van der Waals surface area contributed by atoms with Gasteiger partial charge < -0.3 is 11.1 Å². The molecule has 24 heavy (non-hydrogen) atoms. The molecule has 0 saturated heterocycles. The van der Waals surface area contributed by atoms with Gasteiger partial charge in [-0.05, 0) is 30.5 Å². The van der Waals surface area contributed by atoms with E-state index in [9.17, 15) is 14.4 Å². The Morgan fingerprint density at radius 3 is 2.67 bits per heavy atom. The molecule has 2 atom stereocenters. The van der Waals surface area contributed by atoms with E-state index in [-0.39, 0.29) is 17.6 Å². The normalized spacial score (nSPS) is 20.0. The van der Waals surface area contributed by atoms with Crippen molar-refractivity contribution >= 4 is 23.3 Å². The second-order valence-corrected chi connectivity index (χ2v) is 6.30. The first-order valence-corrected chi connectivity index (χ1v) is 8.01. The van der Waals surface area contributed by atoms with E-state index in [0.717, 1.165) is 35.6 Å². The minimum Gasteiger partial charge on any atom is -0.393 e. The number of amides is 1. The van der Waals surface area contributed by atoms with Gasteiger partial charge in [0, 0.05) is 23.2 Å². The summed E-state index contributed by atoms with van der Waals surface area (Å²) < 4.78 is 0.786. The van der Waals surface area contributed by atoms with E-state index in [1.807, 2.05) is 29.2 Å². The van der Waals surface area contributed by atoms with Crippen molar-refractivity contribution in [2.45, 2.75) is 31.2 Å². The van der Waals surface area contributed by atoms with Crippen LogP contribution in [0.3, 0.4) is 0 Å². The number of benzene rings is 1. The molecule has 1 aliphatic carbocycles. The number of hydrogen-bond donors (Lipinski definition) is 3. The van der Waals surface area contributed by atoms with Gasteiger partial charge in [0.2, 0.25) is 0 Å². The van der Waals surface area contributed by atoms with Crippen molar-refractivity contribution in [2.24, 2.45) is 0 Å². The molecule has 1 aromatic heterocycles. The number of nitrogens with one attached hydrogen (secondary N) is 2. The lowest BCUT2D eigenvalue weighted by molar-refractivity contribution is 0.236. The number of H-pyrrole nitrogens is 1. The molecule has 1 aromatic carbocycles. The van der Waals surface area contributed by atoms with Crippen LogP contribution in [0.1, 0.15) is 30.7 Å². The molecule has 0 unspecified atom stereocenters. The van der Waals surface area contributed by atoms with Crippen molar-refractivity contribution in [3.63, 3.8) is 0 Å². The molecule has 3 rings (SSSR count). The fourth-order valence-corrected chi connectivity index (χ4v) is 3.23. The van der Waals surface area contributed by atoms with Crippen LogP contribution in [-0.2, 0) is 0 Å². The Kier molecular flexibility index (Phi) is 4.44. The number of rotatable bonds is 2. The molecule has 0 bridgehead atoms. The summed E-state index contributed by atoms with van der Waals surface area (Å²) in [4.78, 5) is 37.4. The highest BCUT2D eigenvalue weighted by Crippen LogP contribution is 2.35. The number of nitrogens with two attached hydrogens (primary N) is 1. The standard InChI is InChI=1S/C16H17ClN4O3/c17-10-6-4-9(5-7-10)11-2-1-3-13(11)19-15(23)21-8-12(18)14(22)20-16(21)24/h4-8,11,13H,1-3,18H2,(H,19,23)(H,20,22,24)/t11-,13-/m1/s1. The largest absolute Gasteiger partial charge is 0.393 e. The molecule has 1 heterocycles. The number of nitrogens with zero attached hydrogens (tertiary/aromatic N) is 1. The van der Waals surface area contributed by atoms with Gasteiger partial charge in [-0.1, -0.05) is 30.2 Å². The van der Waals surface area contributed by atoms with E-state index < -0.39 is 17.3 Å². The monoisotopic (exact) mass is 348 g/mol. The highest BCUT2D eigenvalue weighted by atomic mass is 35.5. The molecule has 7 nitrogen and oxygen atoms in total. The zero-order chi connectivity index (χ0) is 17.3. The lowest BCUT2D eigenvalue weighted by atomic mass is 9.94. The van der Waals surface area contributed by atoms with Gasteiger partial charge in [-0.15, -0.1) is 0 Å². The highest BCUT2D eigenvalue weighted by molar-refractivity contribution is 6.30. The molecule has 1 saturated carbocycles. The van der Waals surface area contributed by atoms with Gasteiger partial charge >= 0.3 is 11.7 Å². The molecule has 1 amide bonds. The van der Waals surface area contributed by atoms with E-state index in [4.69, 9.17) is 17.3 Å². The van der Waals surface area contributed by atoms with Crippen molar-refractivity contribution in [2.75, 3.05) is 5.73 Å². The van der Waals surface area contributed by atoms with Gasteiger partial charge in [0.1, 0.15) is 5.69 Å². The number of hydrogen-bond acceptors (Lipinski definition) is 4. The predicted octanol–water partition coefficient (Wildman–Crippen LogP) is 1.67. The van der Waals surface area contributed by atoms with Gasteiger partial charge in [-0.25, -0.2) is 14.2 Å². The number of carbonyl (C=O) groups excluding carboxylic acids is 1. The summed E-state index contributed by atoms with van der Waals surface area (Å²) in [5.41, 5.74) is 4.86. The fraction of sp³-hybridized carbons (Fsp3) is 0.312. The number of aromatic amines is 1. The number of nitrogen functional groups attached to an aromatic ring is 1. The number of anilines is 1. The van der Waals surface area contributed by atoms with Crippen LogP contribution in [0.4, 0.5) is 10.5 Å². The van der Waals surface area contributed by atoms with Crippen LogP contribution < -0.4 is 22.3 Å². The molecular formula is C16H17ClN4O3. The second-order valence-electron chi connectivity index (χ2n) is 5.86. The third-order valence-electron chi connectivity index (χ3n) is 4.31. The van der Waals surface area contributed by atoms with Crippen LogP contribution in [0.2, 0.25) is 5.02 Å². The quantitative estimate of drug-likeness (QED) is 0.766. The van der Waals surface area contributed by atoms with Crippen LogP contribution in [0.5, 0.6) is 0 Å². The van der Waals surface area contributed by atoms with Gasteiger partial charge in [-0.2, -0.15) is 0 Å². The van der Waals surface area contributed by atoms with Crippen molar-refractivity contribution in [1.29, 1.82) is 0 Å². The van der Waals surface area contributed by atoms with E-state index in [1.165, 1.54) is 0 Å². The molecule has 126 valence electrons. The van der Waals surface area contributed by atoms with Gasteiger partial charge in [0.25, 0.3) is 5.56 Å². The zero-order valence-corrected chi connectivity index (χ0v) is 13.5. The second kappa shape index (κ2) is 6.52. The fourth-order valence-electron chi connectivity index (χ4n) is 3.11. The van der Waals surface area contributed by atoms with Gasteiger partial charge in [0.05, 0.1) is 0 Å². The van der Waals surface area contributed by atoms with Crippen molar-refractivity contribution < 1.29 is 4.79 Å². The predicted molar refractivity (Wildman–Crippen MR) is 91.5 cm³/mol. The maximum absolute atomic E-state index is 12.4. The van der Waals surface area contributed by atoms with Crippen LogP contribution >= 0.6 is 11.6 Å². The first-order chi connectivity index (χ1) is 11.5. The maximum Gasteiger partial charge on any atom is 0.336 e. The van der Waals surface area contributed by atoms with Crippen LogP contribution in [0.25, 0.3) is 0 Å². The Bertz CT molecular complexity index is 872. The van der Waals surface area contributed by atoms with E-state index in [1.54, 1.807) is 0 Å². The average Bonchev–Trinajstić information content (AvgIpc) is 2.99. The molecule has 8 heteroatoms.